The molecule has 1 aliphatic heterocycles. The van der Waals surface area contributed by atoms with E-state index in [0.717, 1.165) is 43.9 Å². The number of carbonyl (C=O) groups is 1. The Labute approximate surface area is 143 Å². The standard InChI is InChI=1S/C17H29N3O2S/c1-5-14-11-19-15(23-14)12-18-10-13-8-6-7-9-20(13)16(21)22-17(2,3)4/h11,13,18H,5-10,12H2,1-4H3. The minimum absolute atomic E-state index is 0.188. The molecule has 23 heavy (non-hydrogen) atoms. The summed E-state index contributed by atoms with van der Waals surface area (Å²) >= 11 is 1.76. The van der Waals surface area contributed by atoms with Crippen molar-refractivity contribution in [2.24, 2.45) is 0 Å². The quantitative estimate of drug-likeness (QED) is 0.891. The second kappa shape index (κ2) is 8.11. The molecule has 6 heteroatoms. The van der Waals surface area contributed by atoms with Crippen LogP contribution >= 0.6 is 11.3 Å². The third-order valence-electron chi connectivity index (χ3n) is 3.86. The maximum atomic E-state index is 12.4. The Balaban J connectivity index is 1.84. The molecular formula is C17H29N3O2S. The van der Waals surface area contributed by atoms with E-state index in [1.165, 1.54) is 11.3 Å². The molecule has 2 heterocycles. The number of ether oxygens (including phenoxy) is 1. The summed E-state index contributed by atoms with van der Waals surface area (Å²) in [4.78, 5) is 20.0. The molecule has 5 nitrogen and oxygen atoms in total. The average Bonchev–Trinajstić information content (AvgIpc) is 2.94. The third-order valence-corrected chi connectivity index (χ3v) is 5.00. The van der Waals surface area contributed by atoms with Crippen molar-refractivity contribution in [2.75, 3.05) is 13.1 Å². The van der Waals surface area contributed by atoms with Crippen molar-refractivity contribution in [3.63, 3.8) is 0 Å². The first-order valence-electron chi connectivity index (χ1n) is 8.53. The van der Waals surface area contributed by atoms with Gasteiger partial charge in [-0.05, 0) is 46.5 Å². The molecule has 0 aromatic carbocycles. The van der Waals surface area contributed by atoms with E-state index >= 15 is 0 Å². The van der Waals surface area contributed by atoms with Crippen LogP contribution in [-0.2, 0) is 17.7 Å². The molecule has 130 valence electrons. The topological polar surface area (TPSA) is 54.5 Å². The molecule has 1 unspecified atom stereocenters. The fraction of sp³-hybridized carbons (Fsp3) is 0.765. The highest BCUT2D eigenvalue weighted by Crippen LogP contribution is 2.20. The second-order valence-corrected chi connectivity index (χ2v) is 8.23. The number of thiazole rings is 1. The summed E-state index contributed by atoms with van der Waals surface area (Å²) in [6, 6.07) is 0.212. The average molecular weight is 340 g/mol. The van der Waals surface area contributed by atoms with Crippen LogP contribution in [0, 0.1) is 0 Å². The summed E-state index contributed by atoms with van der Waals surface area (Å²) in [5.74, 6) is 0. The maximum Gasteiger partial charge on any atom is 0.410 e. The van der Waals surface area contributed by atoms with Crippen LogP contribution in [0.3, 0.4) is 0 Å². The molecule has 2 rings (SSSR count). The van der Waals surface area contributed by atoms with Crippen LogP contribution in [0.5, 0.6) is 0 Å². The predicted molar refractivity (Wildman–Crippen MR) is 93.8 cm³/mol. The number of nitrogens with zero attached hydrogens (tertiary/aromatic N) is 2. The van der Waals surface area contributed by atoms with Gasteiger partial charge in [0.05, 0.1) is 0 Å². The van der Waals surface area contributed by atoms with Gasteiger partial charge < -0.3 is 15.0 Å². The summed E-state index contributed by atoms with van der Waals surface area (Å²) in [7, 11) is 0. The van der Waals surface area contributed by atoms with Gasteiger partial charge in [0, 0.05) is 36.8 Å². The maximum absolute atomic E-state index is 12.4. The Morgan fingerprint density at radius 2 is 2.26 bits per heavy atom. The van der Waals surface area contributed by atoms with E-state index in [4.69, 9.17) is 4.74 Å². The molecule has 1 amide bonds. The van der Waals surface area contributed by atoms with Gasteiger partial charge in [-0.1, -0.05) is 6.92 Å². The monoisotopic (exact) mass is 339 g/mol. The minimum atomic E-state index is -0.441. The zero-order valence-corrected chi connectivity index (χ0v) is 15.5. The Morgan fingerprint density at radius 1 is 1.48 bits per heavy atom. The fourth-order valence-electron chi connectivity index (χ4n) is 2.71. The Morgan fingerprint density at radius 3 is 2.91 bits per heavy atom. The number of hydrogen-bond acceptors (Lipinski definition) is 5. The largest absolute Gasteiger partial charge is 0.444 e. The number of piperidine rings is 1. The summed E-state index contributed by atoms with van der Waals surface area (Å²) < 4.78 is 5.54. The first kappa shape index (κ1) is 18.2. The summed E-state index contributed by atoms with van der Waals surface area (Å²) in [6.07, 6.45) is 6.06. The van der Waals surface area contributed by atoms with Gasteiger partial charge in [-0.15, -0.1) is 11.3 Å². The number of nitrogens with one attached hydrogen (secondary N) is 1. The first-order valence-corrected chi connectivity index (χ1v) is 9.34. The molecule has 1 saturated heterocycles. The molecule has 1 fully saturated rings. The molecule has 0 spiro atoms. The lowest BCUT2D eigenvalue weighted by Gasteiger charge is -2.36. The van der Waals surface area contributed by atoms with Crippen molar-refractivity contribution in [3.05, 3.63) is 16.1 Å². The van der Waals surface area contributed by atoms with Crippen molar-refractivity contribution < 1.29 is 9.53 Å². The lowest BCUT2D eigenvalue weighted by molar-refractivity contribution is 0.00993. The second-order valence-electron chi connectivity index (χ2n) is 7.03. The van der Waals surface area contributed by atoms with Gasteiger partial charge in [0.25, 0.3) is 0 Å². The molecule has 1 N–H and O–H groups in total. The van der Waals surface area contributed by atoms with Crippen molar-refractivity contribution >= 4 is 17.4 Å². The Hall–Kier alpha value is -1.14. The van der Waals surface area contributed by atoms with Crippen LogP contribution < -0.4 is 5.32 Å². The number of carbonyl (C=O) groups excluding carboxylic acids is 1. The molecule has 1 aromatic heterocycles. The van der Waals surface area contributed by atoms with E-state index in [1.807, 2.05) is 31.9 Å². The van der Waals surface area contributed by atoms with Gasteiger partial charge in [0.1, 0.15) is 10.6 Å². The highest BCUT2D eigenvalue weighted by Gasteiger charge is 2.30. The smallest absolute Gasteiger partial charge is 0.410 e. The number of amides is 1. The Kier molecular flexibility index (Phi) is 6.41. The Bertz CT molecular complexity index is 510. The number of likely N-dealkylation sites (tertiary alicyclic amines) is 1. The lowest BCUT2D eigenvalue weighted by atomic mass is 10.0. The van der Waals surface area contributed by atoms with Gasteiger partial charge in [0.2, 0.25) is 0 Å². The molecule has 1 aliphatic rings. The highest BCUT2D eigenvalue weighted by atomic mass is 32.1. The summed E-state index contributed by atoms with van der Waals surface area (Å²) in [5, 5.41) is 4.57. The van der Waals surface area contributed by atoms with Crippen LogP contribution in [0.2, 0.25) is 0 Å². The van der Waals surface area contributed by atoms with E-state index in [2.05, 4.69) is 17.2 Å². The van der Waals surface area contributed by atoms with Crippen LogP contribution in [0.15, 0.2) is 6.20 Å². The molecule has 0 saturated carbocycles. The van der Waals surface area contributed by atoms with Gasteiger partial charge in [-0.25, -0.2) is 9.78 Å². The zero-order valence-electron chi connectivity index (χ0n) is 14.7. The van der Waals surface area contributed by atoms with E-state index in [9.17, 15) is 4.79 Å². The number of aromatic nitrogens is 1. The normalized spacial score (nSPS) is 19.0. The molecular weight excluding hydrogens is 310 g/mol. The highest BCUT2D eigenvalue weighted by molar-refractivity contribution is 7.11. The number of hydrogen-bond donors (Lipinski definition) is 1. The van der Waals surface area contributed by atoms with Crippen molar-refractivity contribution in [1.82, 2.24) is 15.2 Å². The van der Waals surface area contributed by atoms with Gasteiger partial charge in [-0.3, -0.25) is 0 Å². The molecule has 0 radical (unpaired) electrons. The summed E-state index contributed by atoms with van der Waals surface area (Å²) in [5.41, 5.74) is -0.441. The van der Waals surface area contributed by atoms with Crippen LogP contribution in [0.1, 0.15) is 56.8 Å². The molecule has 1 aromatic rings. The number of aryl methyl sites for hydroxylation is 1. The summed E-state index contributed by atoms with van der Waals surface area (Å²) in [6.45, 7) is 10.2. The van der Waals surface area contributed by atoms with Crippen molar-refractivity contribution in [1.29, 1.82) is 0 Å². The van der Waals surface area contributed by atoms with Crippen LogP contribution in [0.4, 0.5) is 4.79 Å². The van der Waals surface area contributed by atoms with E-state index in [0.29, 0.717) is 0 Å². The fourth-order valence-corrected chi connectivity index (χ4v) is 3.54. The first-order chi connectivity index (χ1) is 10.9. The van der Waals surface area contributed by atoms with Crippen LogP contribution in [0.25, 0.3) is 0 Å². The van der Waals surface area contributed by atoms with E-state index in [1.54, 1.807) is 11.3 Å². The van der Waals surface area contributed by atoms with Gasteiger partial charge in [-0.2, -0.15) is 0 Å². The van der Waals surface area contributed by atoms with Crippen molar-refractivity contribution in [3.8, 4) is 0 Å². The van der Waals surface area contributed by atoms with E-state index in [-0.39, 0.29) is 12.1 Å². The molecule has 0 bridgehead atoms. The predicted octanol–water partition coefficient (Wildman–Crippen LogP) is 3.58. The van der Waals surface area contributed by atoms with E-state index < -0.39 is 5.60 Å². The SMILES string of the molecule is CCc1cnc(CNCC2CCCCN2C(=O)OC(C)(C)C)s1. The molecule has 1 atom stereocenters. The van der Waals surface area contributed by atoms with Crippen LogP contribution in [-0.4, -0.2) is 40.7 Å². The number of rotatable bonds is 5. The minimum Gasteiger partial charge on any atom is -0.444 e. The molecule has 0 aliphatic carbocycles. The zero-order chi connectivity index (χ0) is 16.9. The van der Waals surface area contributed by atoms with Gasteiger partial charge >= 0.3 is 6.09 Å². The van der Waals surface area contributed by atoms with Crippen molar-refractivity contribution in [2.45, 2.75) is 71.6 Å². The van der Waals surface area contributed by atoms with Gasteiger partial charge in [0.15, 0.2) is 0 Å². The third kappa shape index (κ3) is 5.77. The lowest BCUT2D eigenvalue weighted by Crippen LogP contribution is -2.50.